The number of carbonyl (C=O) groups excluding carboxylic acids is 1. The number of pyridine rings is 1. The van der Waals surface area contributed by atoms with Gasteiger partial charge in [0.2, 0.25) is 5.88 Å². The first-order chi connectivity index (χ1) is 10.8. The van der Waals surface area contributed by atoms with Crippen LogP contribution in [0.1, 0.15) is 17.3 Å². The molecule has 0 radical (unpaired) electrons. The number of Topliss-reactive ketones (excluding diaryl/α,β-unsaturated/α-hetero) is 1. The zero-order chi connectivity index (χ0) is 17.0. The van der Waals surface area contributed by atoms with Gasteiger partial charge in [-0.1, -0.05) is 6.07 Å². The molecular formula is C16H14F3NO3. The topological polar surface area (TPSA) is 48.4 Å². The first-order valence-corrected chi connectivity index (χ1v) is 6.65. The third kappa shape index (κ3) is 4.21. The number of hydrogen-bond acceptors (Lipinski definition) is 4. The maximum absolute atomic E-state index is 12.3. The lowest BCUT2D eigenvalue weighted by Crippen LogP contribution is -2.20. The van der Waals surface area contributed by atoms with Crippen LogP contribution in [0.15, 0.2) is 36.5 Å². The molecule has 0 atom stereocenters. The molecule has 0 unspecified atom stereocenters. The monoisotopic (exact) mass is 325 g/mol. The van der Waals surface area contributed by atoms with Crippen LogP contribution in [0.4, 0.5) is 13.2 Å². The van der Waals surface area contributed by atoms with Gasteiger partial charge in [0.15, 0.2) is 12.4 Å². The number of nitrogens with zero attached hydrogens (tertiary/aromatic N) is 1. The molecule has 23 heavy (non-hydrogen) atoms. The van der Waals surface area contributed by atoms with E-state index in [-0.39, 0.29) is 11.3 Å². The Labute approximate surface area is 130 Å². The van der Waals surface area contributed by atoms with Gasteiger partial charge in [-0.3, -0.25) is 4.79 Å². The summed E-state index contributed by atoms with van der Waals surface area (Å²) in [5.74, 6) is -0.153. The Balaban J connectivity index is 2.41. The summed E-state index contributed by atoms with van der Waals surface area (Å²) in [6, 6.07) is 7.79. The average molecular weight is 325 g/mol. The molecule has 1 heterocycles. The summed E-state index contributed by atoms with van der Waals surface area (Å²) < 4.78 is 46.7. The SMILES string of the molecule is COc1ncccc1-c1ccc(OCC(F)(F)F)c(C(C)=O)c1. The molecular weight excluding hydrogens is 311 g/mol. The Morgan fingerprint density at radius 1 is 1.26 bits per heavy atom. The van der Waals surface area contributed by atoms with Crippen LogP contribution in [0, 0.1) is 0 Å². The maximum Gasteiger partial charge on any atom is 0.422 e. The largest absolute Gasteiger partial charge is 0.483 e. The fourth-order valence-electron chi connectivity index (χ4n) is 2.03. The molecule has 0 saturated carbocycles. The number of carbonyl (C=O) groups is 1. The van der Waals surface area contributed by atoms with Crippen molar-refractivity contribution in [2.45, 2.75) is 13.1 Å². The number of rotatable bonds is 5. The van der Waals surface area contributed by atoms with Gasteiger partial charge in [-0.05, 0) is 36.8 Å². The van der Waals surface area contributed by atoms with E-state index in [1.54, 1.807) is 24.4 Å². The molecule has 0 N–H and O–H groups in total. The standard InChI is InChI=1S/C16H14F3NO3/c1-10(21)13-8-11(12-4-3-7-20-15(12)22-2)5-6-14(13)23-9-16(17,18)19/h3-8H,9H2,1-2H3. The highest BCUT2D eigenvalue weighted by Gasteiger charge is 2.29. The molecule has 0 fully saturated rings. The fourth-order valence-corrected chi connectivity index (χ4v) is 2.03. The van der Waals surface area contributed by atoms with Crippen molar-refractivity contribution in [3.05, 3.63) is 42.1 Å². The lowest BCUT2D eigenvalue weighted by atomic mass is 10.0. The molecule has 7 heteroatoms. The Morgan fingerprint density at radius 2 is 2.00 bits per heavy atom. The van der Waals surface area contributed by atoms with Gasteiger partial charge in [-0.2, -0.15) is 13.2 Å². The van der Waals surface area contributed by atoms with Gasteiger partial charge in [0.05, 0.1) is 12.7 Å². The fraction of sp³-hybridized carbons (Fsp3) is 0.250. The molecule has 0 aliphatic rings. The molecule has 1 aromatic carbocycles. The van der Waals surface area contributed by atoms with Gasteiger partial charge in [0.1, 0.15) is 5.75 Å². The Hall–Kier alpha value is -2.57. The Bertz CT molecular complexity index is 714. The highest BCUT2D eigenvalue weighted by molar-refractivity contribution is 5.98. The summed E-state index contributed by atoms with van der Waals surface area (Å²) in [6.07, 6.45) is -2.92. The zero-order valence-electron chi connectivity index (χ0n) is 12.5. The van der Waals surface area contributed by atoms with E-state index in [0.29, 0.717) is 17.0 Å². The molecule has 2 rings (SSSR count). The van der Waals surface area contributed by atoms with Gasteiger partial charge in [0, 0.05) is 11.8 Å². The van der Waals surface area contributed by atoms with E-state index in [4.69, 9.17) is 9.47 Å². The summed E-state index contributed by atoms with van der Waals surface area (Å²) in [6.45, 7) is -0.192. The van der Waals surface area contributed by atoms with Crippen LogP contribution in [0.5, 0.6) is 11.6 Å². The molecule has 2 aromatic rings. The van der Waals surface area contributed by atoms with Crippen molar-refractivity contribution in [2.75, 3.05) is 13.7 Å². The highest BCUT2D eigenvalue weighted by atomic mass is 19.4. The Kier molecular flexibility index (Phi) is 4.88. The summed E-state index contributed by atoms with van der Waals surface area (Å²) in [5, 5.41) is 0. The van der Waals surface area contributed by atoms with Crippen LogP contribution < -0.4 is 9.47 Å². The predicted octanol–water partition coefficient (Wildman–Crippen LogP) is 3.90. The van der Waals surface area contributed by atoms with Crippen LogP contribution in [0.3, 0.4) is 0 Å². The van der Waals surface area contributed by atoms with Crippen molar-refractivity contribution in [3.8, 4) is 22.8 Å². The normalized spacial score (nSPS) is 11.2. The van der Waals surface area contributed by atoms with Crippen LogP contribution in [-0.2, 0) is 0 Å². The van der Waals surface area contributed by atoms with Crippen LogP contribution in [0.25, 0.3) is 11.1 Å². The first kappa shape index (κ1) is 16.8. The minimum absolute atomic E-state index is 0.0673. The van der Waals surface area contributed by atoms with Crippen molar-refractivity contribution in [2.24, 2.45) is 0 Å². The van der Waals surface area contributed by atoms with Crippen molar-refractivity contribution < 1.29 is 27.4 Å². The van der Waals surface area contributed by atoms with Gasteiger partial charge >= 0.3 is 6.18 Å². The molecule has 1 aromatic heterocycles. The van der Waals surface area contributed by atoms with Crippen molar-refractivity contribution >= 4 is 5.78 Å². The van der Waals surface area contributed by atoms with E-state index >= 15 is 0 Å². The minimum atomic E-state index is -4.47. The van der Waals surface area contributed by atoms with Crippen molar-refractivity contribution in [1.29, 1.82) is 0 Å². The van der Waals surface area contributed by atoms with Gasteiger partial charge in [0.25, 0.3) is 0 Å². The van der Waals surface area contributed by atoms with E-state index in [1.165, 1.54) is 26.2 Å². The average Bonchev–Trinajstić information content (AvgIpc) is 2.52. The quantitative estimate of drug-likeness (QED) is 0.782. The van der Waals surface area contributed by atoms with Crippen molar-refractivity contribution in [3.63, 3.8) is 0 Å². The predicted molar refractivity (Wildman–Crippen MR) is 77.8 cm³/mol. The molecule has 0 aliphatic heterocycles. The summed E-state index contributed by atoms with van der Waals surface area (Å²) in [5.41, 5.74) is 1.29. The number of hydrogen-bond donors (Lipinski definition) is 0. The molecule has 0 aliphatic carbocycles. The third-order valence-electron chi connectivity index (χ3n) is 3.03. The van der Waals surface area contributed by atoms with Crippen LogP contribution in [-0.4, -0.2) is 30.7 Å². The second kappa shape index (κ2) is 6.68. The number of methoxy groups -OCH3 is 1. The highest BCUT2D eigenvalue weighted by Crippen LogP contribution is 2.32. The number of ketones is 1. The van der Waals surface area contributed by atoms with Crippen molar-refractivity contribution in [1.82, 2.24) is 4.98 Å². The molecule has 4 nitrogen and oxygen atoms in total. The van der Waals surface area contributed by atoms with E-state index in [2.05, 4.69) is 4.98 Å². The molecule has 122 valence electrons. The second-order valence-corrected chi connectivity index (χ2v) is 4.73. The summed E-state index contributed by atoms with van der Waals surface area (Å²) in [7, 11) is 1.46. The number of halogens is 3. The molecule has 0 spiro atoms. The van der Waals surface area contributed by atoms with E-state index in [1.807, 2.05) is 0 Å². The summed E-state index contributed by atoms with van der Waals surface area (Å²) >= 11 is 0. The molecule has 0 bridgehead atoms. The smallest absolute Gasteiger partial charge is 0.422 e. The lowest BCUT2D eigenvalue weighted by Gasteiger charge is -2.14. The lowest BCUT2D eigenvalue weighted by molar-refractivity contribution is -0.153. The third-order valence-corrected chi connectivity index (χ3v) is 3.03. The number of alkyl halides is 3. The number of benzene rings is 1. The number of aromatic nitrogens is 1. The van der Waals surface area contributed by atoms with Crippen LogP contribution in [0.2, 0.25) is 0 Å². The molecule has 0 amide bonds. The zero-order valence-corrected chi connectivity index (χ0v) is 12.5. The Morgan fingerprint density at radius 3 is 2.61 bits per heavy atom. The van der Waals surface area contributed by atoms with Gasteiger partial charge in [-0.25, -0.2) is 4.98 Å². The maximum atomic E-state index is 12.3. The van der Waals surface area contributed by atoms with E-state index < -0.39 is 18.6 Å². The number of ether oxygens (including phenoxy) is 2. The van der Waals surface area contributed by atoms with E-state index in [9.17, 15) is 18.0 Å². The summed E-state index contributed by atoms with van der Waals surface area (Å²) in [4.78, 5) is 15.8. The minimum Gasteiger partial charge on any atom is -0.483 e. The van der Waals surface area contributed by atoms with E-state index in [0.717, 1.165) is 0 Å². The molecule has 0 saturated heterocycles. The first-order valence-electron chi connectivity index (χ1n) is 6.65. The second-order valence-electron chi connectivity index (χ2n) is 4.73. The van der Waals surface area contributed by atoms with Gasteiger partial charge < -0.3 is 9.47 Å². The van der Waals surface area contributed by atoms with Crippen LogP contribution >= 0.6 is 0 Å². The van der Waals surface area contributed by atoms with Gasteiger partial charge in [-0.15, -0.1) is 0 Å².